The van der Waals surface area contributed by atoms with Gasteiger partial charge in [0, 0.05) is 50.2 Å². The Labute approximate surface area is 153 Å². The molecule has 0 atom stereocenters. The fraction of sp³-hybridized carbons (Fsp3) is 0.526. The van der Waals surface area contributed by atoms with Gasteiger partial charge in [-0.1, -0.05) is 13.8 Å². The Kier molecular flexibility index (Phi) is 4.53. The van der Waals surface area contributed by atoms with Gasteiger partial charge >= 0.3 is 0 Å². The lowest BCUT2D eigenvalue weighted by Gasteiger charge is -2.34. The second-order valence-corrected chi connectivity index (χ2v) is 7.29. The van der Waals surface area contributed by atoms with Crippen LogP contribution in [0.4, 0.5) is 5.95 Å². The van der Waals surface area contributed by atoms with Crippen molar-refractivity contribution >= 4 is 11.9 Å². The van der Waals surface area contributed by atoms with Crippen LogP contribution in [0.2, 0.25) is 0 Å². The van der Waals surface area contributed by atoms with Crippen LogP contribution in [0.5, 0.6) is 0 Å². The SMILES string of the molecule is CC(C)c1ccnc(N2CCN(C(=O)c3ccnc(C4CC4)n3)CC2)n1. The first-order valence-corrected chi connectivity index (χ1v) is 9.32. The van der Waals surface area contributed by atoms with Crippen LogP contribution in [-0.4, -0.2) is 56.9 Å². The molecule has 1 saturated carbocycles. The van der Waals surface area contributed by atoms with Crippen molar-refractivity contribution in [3.05, 3.63) is 41.7 Å². The van der Waals surface area contributed by atoms with E-state index in [0.717, 1.165) is 43.4 Å². The molecule has 0 radical (unpaired) electrons. The van der Waals surface area contributed by atoms with Gasteiger partial charge < -0.3 is 9.80 Å². The zero-order valence-corrected chi connectivity index (χ0v) is 15.3. The predicted octanol–water partition coefficient (Wildman–Crippen LogP) is 2.23. The number of amides is 1. The molecule has 1 aliphatic heterocycles. The fourth-order valence-corrected chi connectivity index (χ4v) is 3.14. The van der Waals surface area contributed by atoms with E-state index in [-0.39, 0.29) is 5.91 Å². The van der Waals surface area contributed by atoms with Crippen LogP contribution >= 0.6 is 0 Å². The quantitative estimate of drug-likeness (QED) is 0.840. The van der Waals surface area contributed by atoms with E-state index in [9.17, 15) is 4.79 Å². The normalized spacial score (nSPS) is 17.7. The molecule has 2 aliphatic rings. The van der Waals surface area contributed by atoms with E-state index in [1.165, 1.54) is 0 Å². The Hall–Kier alpha value is -2.57. The molecule has 0 spiro atoms. The maximum atomic E-state index is 12.8. The minimum absolute atomic E-state index is 0.00852. The third kappa shape index (κ3) is 3.52. The molecule has 0 bridgehead atoms. The van der Waals surface area contributed by atoms with Crippen LogP contribution in [0.25, 0.3) is 0 Å². The van der Waals surface area contributed by atoms with Gasteiger partial charge in [0.05, 0.1) is 0 Å². The van der Waals surface area contributed by atoms with Crippen molar-refractivity contribution in [1.29, 1.82) is 0 Å². The molecule has 1 saturated heterocycles. The molecule has 0 N–H and O–H groups in total. The van der Waals surface area contributed by atoms with E-state index in [0.29, 0.717) is 30.6 Å². The Morgan fingerprint density at radius 2 is 1.77 bits per heavy atom. The number of aromatic nitrogens is 4. The summed E-state index contributed by atoms with van der Waals surface area (Å²) in [6.45, 7) is 7.01. The zero-order valence-electron chi connectivity index (χ0n) is 15.3. The molecule has 7 nitrogen and oxygen atoms in total. The number of carbonyl (C=O) groups excluding carboxylic acids is 1. The Balaban J connectivity index is 1.41. The van der Waals surface area contributed by atoms with Crippen molar-refractivity contribution in [3.8, 4) is 0 Å². The summed E-state index contributed by atoms with van der Waals surface area (Å²) in [5.74, 6) is 2.38. The molecule has 136 valence electrons. The summed E-state index contributed by atoms with van der Waals surface area (Å²) < 4.78 is 0. The fourth-order valence-electron chi connectivity index (χ4n) is 3.14. The van der Waals surface area contributed by atoms with Crippen molar-refractivity contribution < 1.29 is 4.79 Å². The minimum atomic E-state index is -0.00852. The van der Waals surface area contributed by atoms with E-state index < -0.39 is 0 Å². The molecule has 0 aromatic carbocycles. The average Bonchev–Trinajstić information content (AvgIpc) is 3.53. The van der Waals surface area contributed by atoms with Crippen LogP contribution < -0.4 is 4.90 Å². The highest BCUT2D eigenvalue weighted by molar-refractivity contribution is 5.92. The summed E-state index contributed by atoms with van der Waals surface area (Å²) in [5.41, 5.74) is 1.55. The number of hydrogen-bond donors (Lipinski definition) is 0. The van der Waals surface area contributed by atoms with Crippen LogP contribution in [0.1, 0.15) is 60.5 Å². The van der Waals surface area contributed by atoms with Gasteiger partial charge in [0.1, 0.15) is 11.5 Å². The number of hydrogen-bond acceptors (Lipinski definition) is 6. The second-order valence-electron chi connectivity index (χ2n) is 7.29. The first kappa shape index (κ1) is 16.9. The van der Waals surface area contributed by atoms with Crippen molar-refractivity contribution in [2.45, 2.75) is 38.5 Å². The van der Waals surface area contributed by atoms with Crippen LogP contribution in [0.3, 0.4) is 0 Å². The van der Waals surface area contributed by atoms with Gasteiger partial charge in [-0.3, -0.25) is 4.79 Å². The number of piperazine rings is 1. The van der Waals surface area contributed by atoms with E-state index in [2.05, 4.69) is 38.7 Å². The Bertz CT molecular complexity index is 796. The van der Waals surface area contributed by atoms with Gasteiger partial charge in [-0.25, -0.2) is 19.9 Å². The van der Waals surface area contributed by atoms with Gasteiger partial charge in [0.15, 0.2) is 0 Å². The highest BCUT2D eigenvalue weighted by Gasteiger charge is 2.29. The summed E-state index contributed by atoms with van der Waals surface area (Å²) in [7, 11) is 0. The molecule has 2 aromatic rings. The first-order chi connectivity index (χ1) is 12.6. The topological polar surface area (TPSA) is 75.1 Å². The van der Waals surface area contributed by atoms with Gasteiger partial charge in [0.2, 0.25) is 5.95 Å². The summed E-state index contributed by atoms with van der Waals surface area (Å²) >= 11 is 0. The van der Waals surface area contributed by atoms with E-state index in [1.807, 2.05) is 17.2 Å². The highest BCUT2D eigenvalue weighted by atomic mass is 16.2. The smallest absolute Gasteiger partial charge is 0.272 e. The Morgan fingerprint density at radius 3 is 2.46 bits per heavy atom. The number of anilines is 1. The summed E-state index contributed by atoms with van der Waals surface area (Å²) in [6, 6.07) is 3.68. The van der Waals surface area contributed by atoms with Gasteiger partial charge in [-0.2, -0.15) is 0 Å². The lowest BCUT2D eigenvalue weighted by Crippen LogP contribution is -2.49. The molecule has 2 fully saturated rings. The molecule has 0 unspecified atom stereocenters. The first-order valence-electron chi connectivity index (χ1n) is 9.32. The van der Waals surface area contributed by atoms with E-state index >= 15 is 0 Å². The van der Waals surface area contributed by atoms with Crippen LogP contribution in [0.15, 0.2) is 24.5 Å². The lowest BCUT2D eigenvalue weighted by atomic mass is 10.1. The van der Waals surface area contributed by atoms with Gasteiger partial charge in [0.25, 0.3) is 5.91 Å². The van der Waals surface area contributed by atoms with Crippen molar-refractivity contribution in [2.24, 2.45) is 0 Å². The Morgan fingerprint density at radius 1 is 1.04 bits per heavy atom. The number of carbonyl (C=O) groups is 1. The maximum absolute atomic E-state index is 12.8. The van der Waals surface area contributed by atoms with Crippen molar-refractivity contribution in [2.75, 3.05) is 31.1 Å². The van der Waals surface area contributed by atoms with Gasteiger partial charge in [-0.05, 0) is 30.9 Å². The molecule has 26 heavy (non-hydrogen) atoms. The number of nitrogens with zero attached hydrogens (tertiary/aromatic N) is 6. The van der Waals surface area contributed by atoms with Crippen LogP contribution in [-0.2, 0) is 0 Å². The van der Waals surface area contributed by atoms with Gasteiger partial charge in [-0.15, -0.1) is 0 Å². The van der Waals surface area contributed by atoms with Crippen molar-refractivity contribution in [3.63, 3.8) is 0 Å². The van der Waals surface area contributed by atoms with E-state index in [1.54, 1.807) is 12.3 Å². The average molecular weight is 352 g/mol. The zero-order chi connectivity index (χ0) is 18.1. The summed E-state index contributed by atoms with van der Waals surface area (Å²) in [4.78, 5) is 34.6. The third-order valence-electron chi connectivity index (χ3n) is 4.94. The summed E-state index contributed by atoms with van der Waals surface area (Å²) in [6.07, 6.45) is 5.78. The summed E-state index contributed by atoms with van der Waals surface area (Å²) in [5, 5.41) is 0. The molecular weight excluding hydrogens is 328 g/mol. The molecule has 3 heterocycles. The van der Waals surface area contributed by atoms with Crippen LogP contribution in [0, 0.1) is 0 Å². The molecule has 4 rings (SSSR count). The van der Waals surface area contributed by atoms with Crippen molar-refractivity contribution in [1.82, 2.24) is 24.8 Å². The minimum Gasteiger partial charge on any atom is -0.337 e. The predicted molar refractivity (Wildman–Crippen MR) is 98.2 cm³/mol. The highest BCUT2D eigenvalue weighted by Crippen LogP contribution is 2.37. The monoisotopic (exact) mass is 352 g/mol. The van der Waals surface area contributed by atoms with E-state index in [4.69, 9.17) is 0 Å². The molecule has 7 heteroatoms. The molecule has 2 aromatic heterocycles. The number of rotatable bonds is 4. The largest absolute Gasteiger partial charge is 0.337 e. The maximum Gasteiger partial charge on any atom is 0.272 e. The molecule has 1 aliphatic carbocycles. The molecular formula is C19H24N6O. The molecule has 1 amide bonds. The third-order valence-corrected chi connectivity index (χ3v) is 4.94. The lowest BCUT2D eigenvalue weighted by molar-refractivity contribution is 0.0739. The standard InChI is InChI=1S/C19H24N6O/c1-13(2)15-5-8-21-19(23-15)25-11-9-24(10-12-25)18(26)16-6-7-20-17(22-16)14-3-4-14/h5-8,13-14H,3-4,9-12H2,1-2H3. The second kappa shape index (κ2) is 6.97.